The van der Waals surface area contributed by atoms with Crippen molar-refractivity contribution in [2.75, 3.05) is 31.6 Å². The van der Waals surface area contributed by atoms with Gasteiger partial charge in [-0.25, -0.2) is 9.97 Å². The number of nitrogens with one attached hydrogen (secondary N) is 1. The van der Waals surface area contributed by atoms with E-state index in [1.165, 1.54) is 12.8 Å². The van der Waals surface area contributed by atoms with Crippen LogP contribution in [0.15, 0.2) is 54.9 Å². The summed E-state index contributed by atoms with van der Waals surface area (Å²) in [6, 6.07) is 14.9. The van der Waals surface area contributed by atoms with Gasteiger partial charge in [0.2, 0.25) is 0 Å². The first kappa shape index (κ1) is 21.0. The monoisotopic (exact) mass is 416 g/mol. The summed E-state index contributed by atoms with van der Waals surface area (Å²) in [5.41, 5.74) is 4.91. The standard InChI is InChI=1S/C25H28N4O2/c1-18-24(19(2)27-17-26-18)22-16-21(28-25(30)20-8-4-3-5-9-20)10-11-23(22)31-15-14-29-12-6-7-13-29/h3-5,8-11,16-17H,6-7,12-15H2,1-2H3,(H,28,30). The number of ether oxygens (including phenoxy) is 1. The van der Waals surface area contributed by atoms with E-state index in [1.807, 2.05) is 50.2 Å². The van der Waals surface area contributed by atoms with Gasteiger partial charge in [0.25, 0.3) is 5.91 Å². The van der Waals surface area contributed by atoms with Gasteiger partial charge in [-0.05, 0) is 70.1 Å². The molecule has 2 heterocycles. The van der Waals surface area contributed by atoms with E-state index in [0.29, 0.717) is 17.9 Å². The number of aryl methyl sites for hydroxylation is 2. The second kappa shape index (κ2) is 9.71. The van der Waals surface area contributed by atoms with Gasteiger partial charge in [0, 0.05) is 40.3 Å². The van der Waals surface area contributed by atoms with Crippen molar-refractivity contribution in [3.63, 3.8) is 0 Å². The van der Waals surface area contributed by atoms with Gasteiger partial charge in [0.1, 0.15) is 18.7 Å². The van der Waals surface area contributed by atoms with E-state index in [1.54, 1.807) is 18.5 Å². The fourth-order valence-corrected chi connectivity index (χ4v) is 4.00. The number of nitrogens with zero attached hydrogens (tertiary/aromatic N) is 3. The van der Waals surface area contributed by atoms with Gasteiger partial charge in [-0.15, -0.1) is 0 Å². The van der Waals surface area contributed by atoms with Gasteiger partial charge in [-0.2, -0.15) is 0 Å². The van der Waals surface area contributed by atoms with Crippen LogP contribution in [0.4, 0.5) is 5.69 Å². The molecule has 1 fully saturated rings. The second-order valence-electron chi connectivity index (χ2n) is 7.85. The maximum Gasteiger partial charge on any atom is 0.255 e. The van der Waals surface area contributed by atoms with E-state index in [2.05, 4.69) is 20.2 Å². The Labute approximate surface area is 183 Å². The summed E-state index contributed by atoms with van der Waals surface area (Å²) in [4.78, 5) is 23.8. The van der Waals surface area contributed by atoms with Gasteiger partial charge in [-0.3, -0.25) is 9.69 Å². The van der Waals surface area contributed by atoms with E-state index >= 15 is 0 Å². The molecule has 4 rings (SSSR count). The molecule has 0 bridgehead atoms. The largest absolute Gasteiger partial charge is 0.492 e. The third-order valence-electron chi connectivity index (χ3n) is 5.63. The molecule has 2 aromatic carbocycles. The van der Waals surface area contributed by atoms with Gasteiger partial charge < -0.3 is 10.1 Å². The summed E-state index contributed by atoms with van der Waals surface area (Å²) in [5, 5.41) is 2.99. The third kappa shape index (κ3) is 5.09. The number of aromatic nitrogens is 2. The predicted octanol–water partition coefficient (Wildman–Crippen LogP) is 4.49. The van der Waals surface area contributed by atoms with Gasteiger partial charge >= 0.3 is 0 Å². The van der Waals surface area contributed by atoms with Crippen LogP contribution in [0.2, 0.25) is 0 Å². The zero-order chi connectivity index (χ0) is 21.6. The molecule has 0 atom stereocenters. The summed E-state index contributed by atoms with van der Waals surface area (Å²) in [7, 11) is 0. The highest BCUT2D eigenvalue weighted by molar-refractivity contribution is 6.04. The van der Waals surface area contributed by atoms with Crippen molar-refractivity contribution in [1.82, 2.24) is 14.9 Å². The molecule has 0 unspecified atom stereocenters. The Morgan fingerprint density at radius 3 is 2.45 bits per heavy atom. The Hall–Kier alpha value is -3.25. The zero-order valence-corrected chi connectivity index (χ0v) is 18.1. The normalized spacial score (nSPS) is 13.9. The van der Waals surface area contributed by atoms with Gasteiger partial charge in [0.15, 0.2) is 0 Å². The Morgan fingerprint density at radius 1 is 1.03 bits per heavy atom. The molecule has 6 heteroatoms. The second-order valence-corrected chi connectivity index (χ2v) is 7.85. The maximum atomic E-state index is 12.6. The molecule has 1 amide bonds. The molecule has 1 saturated heterocycles. The fourth-order valence-electron chi connectivity index (χ4n) is 4.00. The van der Waals surface area contributed by atoms with Crippen molar-refractivity contribution in [2.45, 2.75) is 26.7 Å². The molecule has 0 spiro atoms. The van der Waals surface area contributed by atoms with Crippen LogP contribution >= 0.6 is 0 Å². The lowest BCUT2D eigenvalue weighted by atomic mass is 10.0. The number of likely N-dealkylation sites (tertiary alicyclic amines) is 1. The topological polar surface area (TPSA) is 67.3 Å². The molecular formula is C25H28N4O2. The first-order chi connectivity index (χ1) is 15.1. The van der Waals surface area contributed by atoms with Crippen molar-refractivity contribution in [3.05, 3.63) is 71.8 Å². The van der Waals surface area contributed by atoms with Crippen LogP contribution in [-0.4, -0.2) is 47.0 Å². The highest BCUT2D eigenvalue weighted by Crippen LogP contribution is 2.35. The summed E-state index contributed by atoms with van der Waals surface area (Å²) in [5.74, 6) is 0.630. The smallest absolute Gasteiger partial charge is 0.255 e. The summed E-state index contributed by atoms with van der Waals surface area (Å²) in [6.45, 7) is 7.75. The Bertz CT molecular complexity index is 1030. The summed E-state index contributed by atoms with van der Waals surface area (Å²) < 4.78 is 6.20. The van der Waals surface area contributed by atoms with Crippen molar-refractivity contribution < 1.29 is 9.53 Å². The number of carbonyl (C=O) groups excluding carboxylic acids is 1. The first-order valence-corrected chi connectivity index (χ1v) is 10.8. The number of hydrogen-bond acceptors (Lipinski definition) is 5. The van der Waals surface area contributed by atoms with E-state index in [0.717, 1.165) is 47.9 Å². The SMILES string of the molecule is Cc1ncnc(C)c1-c1cc(NC(=O)c2ccccc2)ccc1OCCN1CCCC1. The number of anilines is 1. The molecule has 1 aliphatic rings. The van der Waals surface area contributed by atoms with E-state index in [9.17, 15) is 4.79 Å². The summed E-state index contributed by atoms with van der Waals surface area (Å²) >= 11 is 0. The average Bonchev–Trinajstić information content (AvgIpc) is 3.29. The number of rotatable bonds is 7. The van der Waals surface area contributed by atoms with Crippen LogP contribution in [-0.2, 0) is 0 Å². The lowest BCUT2D eigenvalue weighted by Crippen LogP contribution is -2.25. The molecule has 0 saturated carbocycles. The highest BCUT2D eigenvalue weighted by Gasteiger charge is 2.17. The van der Waals surface area contributed by atoms with Crippen LogP contribution in [0.1, 0.15) is 34.6 Å². The predicted molar refractivity (Wildman–Crippen MR) is 123 cm³/mol. The van der Waals surface area contributed by atoms with E-state index in [-0.39, 0.29) is 5.91 Å². The Balaban J connectivity index is 1.60. The number of carbonyl (C=O) groups is 1. The molecular weight excluding hydrogens is 388 g/mol. The maximum absolute atomic E-state index is 12.6. The Morgan fingerprint density at radius 2 is 1.74 bits per heavy atom. The molecule has 3 aromatic rings. The van der Waals surface area contributed by atoms with Crippen molar-refractivity contribution in [3.8, 4) is 16.9 Å². The number of amides is 1. The quantitative estimate of drug-likeness (QED) is 0.615. The fraction of sp³-hybridized carbons (Fsp3) is 0.320. The molecule has 0 aliphatic carbocycles. The molecule has 1 N–H and O–H groups in total. The molecule has 1 aromatic heterocycles. The van der Waals surface area contributed by atoms with Crippen molar-refractivity contribution >= 4 is 11.6 Å². The molecule has 6 nitrogen and oxygen atoms in total. The molecule has 160 valence electrons. The molecule has 1 aliphatic heterocycles. The first-order valence-electron chi connectivity index (χ1n) is 10.8. The molecule has 0 radical (unpaired) electrons. The Kier molecular flexibility index (Phi) is 6.57. The van der Waals surface area contributed by atoms with Crippen LogP contribution in [0.3, 0.4) is 0 Å². The average molecular weight is 417 g/mol. The van der Waals surface area contributed by atoms with Gasteiger partial charge in [-0.1, -0.05) is 18.2 Å². The minimum absolute atomic E-state index is 0.146. The van der Waals surface area contributed by atoms with E-state index < -0.39 is 0 Å². The van der Waals surface area contributed by atoms with Crippen LogP contribution < -0.4 is 10.1 Å². The van der Waals surface area contributed by atoms with Crippen LogP contribution in [0, 0.1) is 13.8 Å². The molecule has 31 heavy (non-hydrogen) atoms. The van der Waals surface area contributed by atoms with Crippen LogP contribution in [0.5, 0.6) is 5.75 Å². The van der Waals surface area contributed by atoms with Gasteiger partial charge in [0.05, 0.1) is 0 Å². The lowest BCUT2D eigenvalue weighted by molar-refractivity contribution is 0.102. The van der Waals surface area contributed by atoms with Crippen molar-refractivity contribution in [1.29, 1.82) is 0 Å². The van der Waals surface area contributed by atoms with Crippen LogP contribution in [0.25, 0.3) is 11.1 Å². The lowest BCUT2D eigenvalue weighted by Gasteiger charge is -2.18. The number of benzene rings is 2. The highest BCUT2D eigenvalue weighted by atomic mass is 16.5. The summed E-state index contributed by atoms with van der Waals surface area (Å²) in [6.07, 6.45) is 4.10. The van der Waals surface area contributed by atoms with E-state index in [4.69, 9.17) is 4.74 Å². The minimum atomic E-state index is -0.146. The zero-order valence-electron chi connectivity index (χ0n) is 18.1. The third-order valence-corrected chi connectivity index (χ3v) is 5.63. The minimum Gasteiger partial charge on any atom is -0.492 e. The van der Waals surface area contributed by atoms with Crippen molar-refractivity contribution in [2.24, 2.45) is 0 Å². The number of hydrogen-bond donors (Lipinski definition) is 1.